The number of aromatic nitrogens is 1. The Balaban J connectivity index is 2.60. The molecule has 0 amide bonds. The van der Waals surface area contributed by atoms with Gasteiger partial charge in [0.1, 0.15) is 5.82 Å². The van der Waals surface area contributed by atoms with Crippen molar-refractivity contribution in [2.24, 2.45) is 0 Å². The van der Waals surface area contributed by atoms with Gasteiger partial charge in [-0.2, -0.15) is 0 Å². The highest BCUT2D eigenvalue weighted by Gasteiger charge is 2.18. The predicted molar refractivity (Wildman–Crippen MR) is 68.2 cm³/mol. The van der Waals surface area contributed by atoms with E-state index in [2.05, 4.69) is 0 Å². The van der Waals surface area contributed by atoms with Gasteiger partial charge in [-0.15, -0.1) is 0 Å². The number of aliphatic carboxylic acids is 1. The van der Waals surface area contributed by atoms with Gasteiger partial charge in [-0.25, -0.2) is 4.39 Å². The summed E-state index contributed by atoms with van der Waals surface area (Å²) in [6.07, 6.45) is 1.87. The summed E-state index contributed by atoms with van der Waals surface area (Å²) in [5, 5.41) is 9.40. The van der Waals surface area contributed by atoms with Crippen molar-refractivity contribution in [1.29, 1.82) is 0 Å². The molecule has 1 unspecified atom stereocenters. The summed E-state index contributed by atoms with van der Waals surface area (Å²) in [6, 6.07) is 4.95. The molecule has 18 heavy (non-hydrogen) atoms. The molecule has 1 N–H and O–H groups in total. The zero-order valence-electron chi connectivity index (χ0n) is 10.5. The van der Waals surface area contributed by atoms with Crippen molar-refractivity contribution in [3.63, 3.8) is 0 Å². The topological polar surface area (TPSA) is 42.2 Å². The number of rotatable bonds is 4. The third kappa shape index (κ3) is 2.10. The van der Waals surface area contributed by atoms with Crippen LogP contribution in [0.4, 0.5) is 4.39 Å². The molecule has 96 valence electrons. The Morgan fingerprint density at radius 3 is 2.83 bits per heavy atom. The van der Waals surface area contributed by atoms with E-state index < -0.39 is 5.97 Å². The highest BCUT2D eigenvalue weighted by molar-refractivity contribution is 5.85. The summed E-state index contributed by atoms with van der Waals surface area (Å²) < 4.78 is 15.9. The minimum absolute atomic E-state index is 0.0111. The molecule has 0 saturated carbocycles. The summed E-state index contributed by atoms with van der Waals surface area (Å²) >= 11 is 0. The molecule has 0 aliphatic carbocycles. The minimum Gasteiger partial charge on any atom is -0.481 e. The normalized spacial score (nSPS) is 12.8. The maximum atomic E-state index is 13.9. The van der Waals surface area contributed by atoms with Gasteiger partial charge in [-0.3, -0.25) is 4.79 Å². The van der Waals surface area contributed by atoms with Crippen LogP contribution in [0, 0.1) is 5.82 Å². The van der Waals surface area contributed by atoms with Crippen LogP contribution in [0.2, 0.25) is 0 Å². The lowest BCUT2D eigenvalue weighted by molar-refractivity contribution is -0.137. The van der Waals surface area contributed by atoms with E-state index in [-0.39, 0.29) is 18.2 Å². The van der Waals surface area contributed by atoms with Crippen molar-refractivity contribution in [3.05, 3.63) is 35.8 Å². The van der Waals surface area contributed by atoms with Crippen molar-refractivity contribution in [1.82, 2.24) is 4.57 Å². The molecule has 1 heterocycles. The average molecular weight is 249 g/mol. The standard InChI is InChI=1S/C14H16FNO2/c1-3-16-8-10(9(2)7-13(17)18)14-11(15)5-4-6-12(14)16/h4-6,8-9H,3,7H2,1-2H3,(H,17,18). The molecule has 3 nitrogen and oxygen atoms in total. The largest absolute Gasteiger partial charge is 0.481 e. The molecule has 0 radical (unpaired) electrons. The van der Waals surface area contributed by atoms with Gasteiger partial charge in [0.05, 0.1) is 11.9 Å². The Hall–Kier alpha value is -1.84. The van der Waals surface area contributed by atoms with Crippen molar-refractivity contribution >= 4 is 16.9 Å². The second-order valence-corrected chi connectivity index (χ2v) is 4.50. The van der Waals surface area contributed by atoms with Crippen molar-refractivity contribution in [3.8, 4) is 0 Å². The quantitative estimate of drug-likeness (QED) is 0.902. The molecular weight excluding hydrogens is 233 g/mol. The maximum absolute atomic E-state index is 13.9. The molecule has 2 aromatic rings. The first kappa shape index (κ1) is 12.6. The number of carboxylic acids is 1. The average Bonchev–Trinajstić information content (AvgIpc) is 2.68. The summed E-state index contributed by atoms with van der Waals surface area (Å²) in [7, 11) is 0. The van der Waals surface area contributed by atoms with Gasteiger partial charge in [0.25, 0.3) is 0 Å². The lowest BCUT2D eigenvalue weighted by atomic mass is 9.97. The van der Waals surface area contributed by atoms with Crippen LogP contribution in [0.15, 0.2) is 24.4 Å². The van der Waals surface area contributed by atoms with Gasteiger partial charge < -0.3 is 9.67 Å². The van der Waals surface area contributed by atoms with Crippen LogP contribution < -0.4 is 0 Å². The van der Waals surface area contributed by atoms with Crippen LogP contribution in [0.1, 0.15) is 31.7 Å². The van der Waals surface area contributed by atoms with E-state index in [9.17, 15) is 9.18 Å². The van der Waals surface area contributed by atoms with Crippen molar-refractivity contribution < 1.29 is 14.3 Å². The molecule has 0 bridgehead atoms. The first-order valence-corrected chi connectivity index (χ1v) is 6.03. The molecule has 2 rings (SSSR count). The number of nitrogens with zero attached hydrogens (tertiary/aromatic N) is 1. The van der Waals surface area contributed by atoms with Gasteiger partial charge in [0.2, 0.25) is 0 Å². The second-order valence-electron chi connectivity index (χ2n) is 4.50. The van der Waals surface area contributed by atoms with Gasteiger partial charge in [-0.1, -0.05) is 13.0 Å². The summed E-state index contributed by atoms with van der Waals surface area (Å²) in [5.41, 5.74) is 1.59. The molecule has 1 atom stereocenters. The number of hydrogen-bond acceptors (Lipinski definition) is 1. The minimum atomic E-state index is -0.865. The first-order valence-electron chi connectivity index (χ1n) is 6.03. The van der Waals surface area contributed by atoms with E-state index in [0.29, 0.717) is 5.39 Å². The molecule has 0 aliphatic heterocycles. The van der Waals surface area contributed by atoms with E-state index in [4.69, 9.17) is 5.11 Å². The lowest BCUT2D eigenvalue weighted by Crippen LogP contribution is -2.02. The lowest BCUT2D eigenvalue weighted by Gasteiger charge is -2.07. The zero-order chi connectivity index (χ0) is 13.3. The number of carbonyl (C=O) groups is 1. The van der Waals surface area contributed by atoms with E-state index in [1.165, 1.54) is 6.07 Å². The van der Waals surface area contributed by atoms with E-state index in [1.807, 2.05) is 30.7 Å². The Morgan fingerprint density at radius 1 is 1.50 bits per heavy atom. The second kappa shape index (κ2) is 4.80. The van der Waals surface area contributed by atoms with Crippen LogP contribution in [-0.4, -0.2) is 15.6 Å². The Morgan fingerprint density at radius 2 is 2.22 bits per heavy atom. The predicted octanol–water partition coefficient (Wildman–Crippen LogP) is 3.38. The Kier molecular flexibility index (Phi) is 3.36. The fraction of sp³-hybridized carbons (Fsp3) is 0.357. The monoisotopic (exact) mass is 249 g/mol. The highest BCUT2D eigenvalue weighted by atomic mass is 19.1. The van der Waals surface area contributed by atoms with E-state index in [0.717, 1.165) is 17.6 Å². The maximum Gasteiger partial charge on any atom is 0.303 e. The fourth-order valence-electron chi connectivity index (χ4n) is 2.35. The summed E-state index contributed by atoms with van der Waals surface area (Å²) in [4.78, 5) is 10.8. The Bertz CT molecular complexity index is 589. The number of fused-ring (bicyclic) bond motifs is 1. The van der Waals surface area contributed by atoms with Crippen molar-refractivity contribution in [2.75, 3.05) is 0 Å². The summed E-state index contributed by atoms with van der Waals surface area (Å²) in [6.45, 7) is 4.53. The molecule has 1 aromatic heterocycles. The van der Waals surface area contributed by atoms with Crippen LogP contribution in [0.5, 0.6) is 0 Å². The highest BCUT2D eigenvalue weighted by Crippen LogP contribution is 2.31. The van der Waals surface area contributed by atoms with Gasteiger partial charge >= 0.3 is 5.97 Å². The third-order valence-corrected chi connectivity index (χ3v) is 3.24. The number of benzene rings is 1. The summed E-state index contributed by atoms with van der Waals surface area (Å²) in [5.74, 6) is -1.35. The van der Waals surface area contributed by atoms with Crippen LogP contribution in [-0.2, 0) is 11.3 Å². The zero-order valence-corrected chi connectivity index (χ0v) is 10.5. The molecule has 4 heteroatoms. The number of aryl methyl sites for hydroxylation is 1. The van der Waals surface area contributed by atoms with Crippen LogP contribution in [0.3, 0.4) is 0 Å². The van der Waals surface area contributed by atoms with E-state index in [1.54, 1.807) is 6.07 Å². The van der Waals surface area contributed by atoms with Crippen LogP contribution in [0.25, 0.3) is 10.9 Å². The molecule has 0 saturated heterocycles. The van der Waals surface area contributed by atoms with Gasteiger partial charge in [-0.05, 0) is 30.5 Å². The number of halogens is 1. The number of carboxylic acid groups (broad SMARTS) is 1. The van der Waals surface area contributed by atoms with E-state index >= 15 is 0 Å². The Labute approximate surface area is 105 Å². The first-order chi connectivity index (χ1) is 8.54. The molecule has 1 aromatic carbocycles. The van der Waals surface area contributed by atoms with Gasteiger partial charge in [0.15, 0.2) is 0 Å². The molecule has 0 spiro atoms. The molecular formula is C14H16FNO2. The van der Waals surface area contributed by atoms with Gasteiger partial charge in [0, 0.05) is 18.1 Å². The smallest absolute Gasteiger partial charge is 0.303 e. The van der Waals surface area contributed by atoms with Crippen molar-refractivity contribution in [2.45, 2.75) is 32.7 Å². The fourth-order valence-corrected chi connectivity index (χ4v) is 2.35. The number of hydrogen-bond donors (Lipinski definition) is 1. The molecule has 0 fully saturated rings. The molecule has 0 aliphatic rings. The third-order valence-electron chi connectivity index (χ3n) is 3.24. The van der Waals surface area contributed by atoms with Crippen LogP contribution >= 0.6 is 0 Å². The SMILES string of the molecule is CCn1cc(C(C)CC(=O)O)c2c(F)cccc21.